The summed E-state index contributed by atoms with van der Waals surface area (Å²) in [7, 11) is -1.38. The zero-order valence-electron chi connectivity index (χ0n) is 16.2. The van der Waals surface area contributed by atoms with E-state index in [2.05, 4.69) is 15.6 Å². The van der Waals surface area contributed by atoms with Gasteiger partial charge in [0.05, 0.1) is 11.3 Å². The van der Waals surface area contributed by atoms with Crippen molar-refractivity contribution < 1.29 is 21.6 Å². The molecule has 0 fully saturated rings. The summed E-state index contributed by atoms with van der Waals surface area (Å²) in [6.45, 7) is 5.00. The van der Waals surface area contributed by atoms with Crippen molar-refractivity contribution in [3.63, 3.8) is 0 Å². The Hall–Kier alpha value is -1.77. The molecule has 0 saturated heterocycles. The minimum Gasteiger partial charge on any atom is -0.356 e. The standard InChI is InChI=1S/C18H28F3N3O2S/c1-17(2,10-12-27(4,25)26)13-24-16(22-3)23-11-9-14-5-7-15(8-6-14)18(19,20)21/h5-8H,9-13H2,1-4H3,(H2,22,23,24). The molecule has 0 unspecified atom stereocenters. The molecule has 0 saturated carbocycles. The summed E-state index contributed by atoms with van der Waals surface area (Å²) in [5.74, 6) is 0.691. The van der Waals surface area contributed by atoms with Crippen LogP contribution in [0.25, 0.3) is 0 Å². The number of nitrogens with zero attached hydrogens (tertiary/aromatic N) is 1. The Balaban J connectivity index is 2.44. The van der Waals surface area contributed by atoms with Crippen LogP contribution in [0, 0.1) is 5.41 Å². The van der Waals surface area contributed by atoms with Gasteiger partial charge < -0.3 is 10.6 Å². The SMILES string of the molecule is CN=C(NCCc1ccc(C(F)(F)F)cc1)NCC(C)(C)CCS(C)(=O)=O. The summed E-state index contributed by atoms with van der Waals surface area (Å²) in [6.07, 6.45) is -2.03. The first-order chi connectivity index (χ1) is 12.3. The van der Waals surface area contributed by atoms with Crippen molar-refractivity contribution in [2.24, 2.45) is 10.4 Å². The van der Waals surface area contributed by atoms with Gasteiger partial charge in [0.1, 0.15) is 9.84 Å². The van der Waals surface area contributed by atoms with Gasteiger partial charge in [-0.25, -0.2) is 8.42 Å². The van der Waals surface area contributed by atoms with Gasteiger partial charge in [-0.3, -0.25) is 4.99 Å². The van der Waals surface area contributed by atoms with Crippen molar-refractivity contribution in [3.8, 4) is 0 Å². The molecular weight excluding hydrogens is 379 g/mol. The number of halogens is 3. The third-order valence-electron chi connectivity index (χ3n) is 4.10. The highest BCUT2D eigenvalue weighted by Gasteiger charge is 2.29. The average molecular weight is 408 g/mol. The molecule has 5 nitrogen and oxygen atoms in total. The molecule has 0 bridgehead atoms. The van der Waals surface area contributed by atoms with Gasteiger partial charge in [-0.05, 0) is 36.0 Å². The number of rotatable bonds is 8. The van der Waals surface area contributed by atoms with E-state index in [0.717, 1.165) is 17.7 Å². The van der Waals surface area contributed by atoms with E-state index >= 15 is 0 Å². The van der Waals surface area contributed by atoms with Gasteiger partial charge in [-0.2, -0.15) is 13.2 Å². The van der Waals surface area contributed by atoms with Gasteiger partial charge in [0, 0.05) is 26.4 Å². The largest absolute Gasteiger partial charge is 0.416 e. The number of aliphatic imine (C=N–C) groups is 1. The van der Waals surface area contributed by atoms with E-state index in [-0.39, 0.29) is 11.2 Å². The number of guanidine groups is 1. The van der Waals surface area contributed by atoms with Crippen LogP contribution >= 0.6 is 0 Å². The lowest BCUT2D eigenvalue weighted by Crippen LogP contribution is -2.43. The molecule has 0 aromatic heterocycles. The fraction of sp³-hybridized carbons (Fsp3) is 0.611. The molecule has 0 aliphatic carbocycles. The lowest BCUT2D eigenvalue weighted by atomic mass is 9.90. The summed E-state index contributed by atoms with van der Waals surface area (Å²) in [5.41, 5.74) is -0.0962. The maximum absolute atomic E-state index is 12.6. The molecule has 1 aromatic carbocycles. The molecule has 0 aliphatic rings. The number of sulfone groups is 1. The van der Waals surface area contributed by atoms with Crippen LogP contribution in [0.2, 0.25) is 0 Å². The first-order valence-electron chi connectivity index (χ1n) is 8.61. The highest BCUT2D eigenvalue weighted by molar-refractivity contribution is 7.90. The molecule has 154 valence electrons. The van der Waals surface area contributed by atoms with E-state index in [4.69, 9.17) is 0 Å². The quantitative estimate of drug-likeness (QED) is 0.514. The molecule has 0 spiro atoms. The number of benzene rings is 1. The molecule has 9 heteroatoms. The fourth-order valence-corrected chi connectivity index (χ4v) is 3.20. The zero-order valence-corrected chi connectivity index (χ0v) is 17.0. The van der Waals surface area contributed by atoms with Gasteiger partial charge in [0.2, 0.25) is 0 Å². The van der Waals surface area contributed by atoms with E-state index in [1.54, 1.807) is 7.05 Å². The Morgan fingerprint density at radius 2 is 1.70 bits per heavy atom. The Kier molecular flexibility index (Phi) is 8.13. The van der Waals surface area contributed by atoms with Crippen molar-refractivity contribution in [3.05, 3.63) is 35.4 Å². The smallest absolute Gasteiger partial charge is 0.356 e. The normalized spacial score (nSPS) is 13.5. The number of hydrogen-bond acceptors (Lipinski definition) is 3. The highest BCUT2D eigenvalue weighted by atomic mass is 32.2. The van der Waals surface area contributed by atoms with E-state index < -0.39 is 21.6 Å². The van der Waals surface area contributed by atoms with Crippen LogP contribution < -0.4 is 10.6 Å². The Bertz CT molecular complexity index is 727. The van der Waals surface area contributed by atoms with E-state index in [9.17, 15) is 21.6 Å². The summed E-state index contributed by atoms with van der Waals surface area (Å²) in [6, 6.07) is 5.09. The zero-order chi connectivity index (χ0) is 20.7. The van der Waals surface area contributed by atoms with Crippen molar-refractivity contribution in [1.82, 2.24) is 10.6 Å². The third-order valence-corrected chi connectivity index (χ3v) is 5.04. The first-order valence-corrected chi connectivity index (χ1v) is 10.7. The fourth-order valence-electron chi connectivity index (χ4n) is 2.28. The van der Waals surface area contributed by atoms with Crippen LogP contribution in [-0.2, 0) is 22.4 Å². The maximum Gasteiger partial charge on any atom is 0.416 e. The Morgan fingerprint density at radius 1 is 1.11 bits per heavy atom. The van der Waals surface area contributed by atoms with Crippen molar-refractivity contribution in [1.29, 1.82) is 0 Å². The molecule has 0 atom stereocenters. The van der Waals surface area contributed by atoms with E-state index in [1.807, 2.05) is 13.8 Å². The van der Waals surface area contributed by atoms with Gasteiger partial charge in [-0.15, -0.1) is 0 Å². The van der Waals surface area contributed by atoms with E-state index in [1.165, 1.54) is 18.4 Å². The second-order valence-corrected chi connectivity index (χ2v) is 9.60. The predicted octanol–water partition coefficient (Wildman–Crippen LogP) is 2.87. The number of nitrogens with one attached hydrogen (secondary N) is 2. The van der Waals surface area contributed by atoms with Gasteiger partial charge in [-0.1, -0.05) is 26.0 Å². The Labute approximate surface area is 159 Å². The lowest BCUT2D eigenvalue weighted by molar-refractivity contribution is -0.137. The highest BCUT2D eigenvalue weighted by Crippen LogP contribution is 2.29. The summed E-state index contributed by atoms with van der Waals surface area (Å²) >= 11 is 0. The van der Waals surface area contributed by atoms with Crippen LogP contribution in [0.3, 0.4) is 0 Å². The second-order valence-electron chi connectivity index (χ2n) is 7.34. The van der Waals surface area contributed by atoms with Crippen LogP contribution in [-0.4, -0.2) is 46.5 Å². The molecule has 1 rings (SSSR count). The topological polar surface area (TPSA) is 70.6 Å². The van der Waals surface area contributed by atoms with Crippen molar-refractivity contribution in [2.45, 2.75) is 32.9 Å². The van der Waals surface area contributed by atoms with Crippen LogP contribution in [0.15, 0.2) is 29.3 Å². The van der Waals surface area contributed by atoms with Gasteiger partial charge in [0.25, 0.3) is 0 Å². The lowest BCUT2D eigenvalue weighted by Gasteiger charge is -2.25. The average Bonchev–Trinajstić information content (AvgIpc) is 2.55. The van der Waals surface area contributed by atoms with Crippen molar-refractivity contribution >= 4 is 15.8 Å². The first kappa shape index (κ1) is 23.3. The van der Waals surface area contributed by atoms with Gasteiger partial charge >= 0.3 is 6.18 Å². The molecule has 1 aromatic rings. The van der Waals surface area contributed by atoms with Crippen LogP contribution in [0.1, 0.15) is 31.4 Å². The van der Waals surface area contributed by atoms with E-state index in [0.29, 0.717) is 31.9 Å². The minimum absolute atomic E-state index is 0.127. The van der Waals surface area contributed by atoms with Crippen LogP contribution in [0.4, 0.5) is 13.2 Å². The molecule has 2 N–H and O–H groups in total. The summed E-state index contributed by atoms with van der Waals surface area (Å²) in [4.78, 5) is 4.11. The molecule has 27 heavy (non-hydrogen) atoms. The minimum atomic E-state index is -4.33. The maximum atomic E-state index is 12.6. The summed E-state index contributed by atoms with van der Waals surface area (Å²) in [5, 5.41) is 6.26. The molecule has 0 aliphatic heterocycles. The number of alkyl halides is 3. The predicted molar refractivity (Wildman–Crippen MR) is 103 cm³/mol. The molecule has 0 radical (unpaired) electrons. The summed E-state index contributed by atoms with van der Waals surface area (Å²) < 4.78 is 60.3. The molecule has 0 heterocycles. The Morgan fingerprint density at radius 3 is 2.19 bits per heavy atom. The van der Waals surface area contributed by atoms with Gasteiger partial charge in [0.15, 0.2) is 5.96 Å². The second kappa shape index (κ2) is 9.43. The van der Waals surface area contributed by atoms with Crippen molar-refractivity contribution in [2.75, 3.05) is 32.1 Å². The number of hydrogen-bond donors (Lipinski definition) is 2. The molecule has 0 amide bonds. The monoisotopic (exact) mass is 407 g/mol. The third kappa shape index (κ3) is 9.65. The van der Waals surface area contributed by atoms with Crippen LogP contribution in [0.5, 0.6) is 0 Å². The molecular formula is C18H28F3N3O2S.